The van der Waals surface area contributed by atoms with Crippen LogP contribution in [0.4, 0.5) is 0 Å². The molecular weight excluding hydrogens is 222 g/mol. The molecule has 0 saturated carbocycles. The third-order valence-corrected chi connectivity index (χ3v) is 2.28. The fourth-order valence-electron chi connectivity index (χ4n) is 1.43. The van der Waals surface area contributed by atoms with Gasteiger partial charge in [-0.3, -0.25) is 9.59 Å². The standard InChI is InChI=1S/C12H15NO4/c1-13(2)12(15)11-9(16-3)5-8(7-14)6-10(11)17-4/h5-7H,1-4H3. The number of ether oxygens (including phenoxy) is 2. The van der Waals surface area contributed by atoms with E-state index in [2.05, 4.69) is 0 Å². The van der Waals surface area contributed by atoms with Gasteiger partial charge in [0, 0.05) is 19.7 Å². The zero-order chi connectivity index (χ0) is 13.0. The number of methoxy groups -OCH3 is 2. The Morgan fingerprint density at radius 3 is 1.94 bits per heavy atom. The van der Waals surface area contributed by atoms with Crippen LogP contribution in [0.5, 0.6) is 11.5 Å². The van der Waals surface area contributed by atoms with Gasteiger partial charge in [0.15, 0.2) is 0 Å². The molecule has 0 N–H and O–H groups in total. The van der Waals surface area contributed by atoms with Crippen LogP contribution in [0.1, 0.15) is 20.7 Å². The van der Waals surface area contributed by atoms with Crippen LogP contribution in [-0.2, 0) is 0 Å². The van der Waals surface area contributed by atoms with Gasteiger partial charge in [-0.1, -0.05) is 0 Å². The summed E-state index contributed by atoms with van der Waals surface area (Å²) in [4.78, 5) is 24.2. The molecule has 0 saturated heterocycles. The first-order chi connectivity index (χ1) is 8.04. The van der Waals surface area contributed by atoms with Crippen molar-refractivity contribution in [3.8, 4) is 11.5 Å². The minimum atomic E-state index is -0.240. The van der Waals surface area contributed by atoms with Gasteiger partial charge in [0.25, 0.3) is 5.91 Å². The summed E-state index contributed by atoms with van der Waals surface area (Å²) in [5.41, 5.74) is 0.708. The number of carbonyl (C=O) groups is 2. The highest BCUT2D eigenvalue weighted by molar-refractivity contribution is 6.00. The highest BCUT2D eigenvalue weighted by Gasteiger charge is 2.21. The first kappa shape index (κ1) is 13.0. The van der Waals surface area contributed by atoms with Crippen molar-refractivity contribution in [2.75, 3.05) is 28.3 Å². The van der Waals surface area contributed by atoms with Crippen LogP contribution in [0.2, 0.25) is 0 Å². The van der Waals surface area contributed by atoms with Crippen LogP contribution in [0, 0.1) is 0 Å². The maximum atomic E-state index is 12.0. The molecular formula is C12H15NO4. The number of hydrogen-bond acceptors (Lipinski definition) is 4. The van der Waals surface area contributed by atoms with Crippen LogP contribution in [-0.4, -0.2) is 45.4 Å². The third-order valence-electron chi connectivity index (χ3n) is 2.28. The van der Waals surface area contributed by atoms with Crippen molar-refractivity contribution >= 4 is 12.2 Å². The number of aldehydes is 1. The maximum Gasteiger partial charge on any atom is 0.260 e. The van der Waals surface area contributed by atoms with Gasteiger partial charge in [-0.05, 0) is 12.1 Å². The molecule has 0 aliphatic carbocycles. The molecule has 0 fully saturated rings. The third kappa shape index (κ3) is 2.55. The first-order valence-corrected chi connectivity index (χ1v) is 4.98. The van der Waals surface area contributed by atoms with E-state index < -0.39 is 0 Å². The molecule has 0 bridgehead atoms. The second kappa shape index (κ2) is 5.34. The van der Waals surface area contributed by atoms with Crippen molar-refractivity contribution in [3.05, 3.63) is 23.3 Å². The average molecular weight is 237 g/mol. The number of hydrogen-bond donors (Lipinski definition) is 0. The lowest BCUT2D eigenvalue weighted by atomic mass is 10.1. The smallest absolute Gasteiger partial charge is 0.260 e. The van der Waals surface area contributed by atoms with Crippen molar-refractivity contribution in [3.63, 3.8) is 0 Å². The van der Waals surface area contributed by atoms with E-state index in [1.165, 1.54) is 31.3 Å². The highest BCUT2D eigenvalue weighted by Crippen LogP contribution is 2.30. The predicted molar refractivity (Wildman–Crippen MR) is 63.0 cm³/mol. The molecule has 0 radical (unpaired) electrons. The second-order valence-corrected chi connectivity index (χ2v) is 3.62. The van der Waals surface area contributed by atoms with Crippen LogP contribution < -0.4 is 9.47 Å². The molecule has 0 aliphatic heterocycles. The van der Waals surface area contributed by atoms with Crippen molar-refractivity contribution in [1.29, 1.82) is 0 Å². The van der Waals surface area contributed by atoms with E-state index >= 15 is 0 Å². The van der Waals surface area contributed by atoms with Crippen molar-refractivity contribution in [1.82, 2.24) is 4.90 Å². The normalized spacial score (nSPS) is 9.65. The molecule has 0 spiro atoms. The Labute approximate surface area is 99.9 Å². The van der Waals surface area contributed by atoms with Crippen molar-refractivity contribution < 1.29 is 19.1 Å². The van der Waals surface area contributed by atoms with Gasteiger partial charge in [-0.15, -0.1) is 0 Å². The van der Waals surface area contributed by atoms with E-state index in [1.54, 1.807) is 14.1 Å². The molecule has 0 aliphatic rings. The molecule has 0 aromatic heterocycles. The zero-order valence-electron chi connectivity index (χ0n) is 10.3. The number of amides is 1. The van der Waals surface area contributed by atoms with E-state index in [1.807, 2.05) is 0 Å². The molecule has 1 aromatic carbocycles. The van der Waals surface area contributed by atoms with E-state index in [4.69, 9.17) is 9.47 Å². The molecule has 0 unspecified atom stereocenters. The van der Waals surface area contributed by atoms with Gasteiger partial charge in [0.05, 0.1) is 14.2 Å². The largest absolute Gasteiger partial charge is 0.496 e. The first-order valence-electron chi connectivity index (χ1n) is 4.98. The summed E-state index contributed by atoms with van der Waals surface area (Å²) in [7, 11) is 6.15. The summed E-state index contributed by atoms with van der Waals surface area (Å²) < 4.78 is 10.2. The van der Waals surface area contributed by atoms with Gasteiger partial charge in [0.2, 0.25) is 0 Å². The Hall–Kier alpha value is -2.04. The van der Waals surface area contributed by atoms with E-state index in [-0.39, 0.29) is 5.91 Å². The van der Waals surface area contributed by atoms with Crippen LogP contribution in [0.15, 0.2) is 12.1 Å². The van der Waals surface area contributed by atoms with Crippen molar-refractivity contribution in [2.24, 2.45) is 0 Å². The summed E-state index contributed by atoms with van der Waals surface area (Å²) >= 11 is 0. The Balaban J connectivity index is 3.44. The van der Waals surface area contributed by atoms with Gasteiger partial charge in [0.1, 0.15) is 23.3 Å². The minimum absolute atomic E-state index is 0.240. The molecule has 0 heterocycles. The van der Waals surface area contributed by atoms with E-state index in [9.17, 15) is 9.59 Å². The minimum Gasteiger partial charge on any atom is -0.496 e. The average Bonchev–Trinajstić information content (AvgIpc) is 2.35. The Bertz CT molecular complexity index is 415. The second-order valence-electron chi connectivity index (χ2n) is 3.62. The van der Waals surface area contributed by atoms with Gasteiger partial charge in [-0.25, -0.2) is 0 Å². The molecule has 0 atom stereocenters. The summed E-state index contributed by atoms with van der Waals surface area (Å²) in [5.74, 6) is 0.409. The lowest BCUT2D eigenvalue weighted by Gasteiger charge is -2.16. The topological polar surface area (TPSA) is 55.8 Å². The Morgan fingerprint density at radius 2 is 1.65 bits per heavy atom. The van der Waals surface area contributed by atoms with Crippen LogP contribution in [0.25, 0.3) is 0 Å². The quantitative estimate of drug-likeness (QED) is 0.739. The van der Waals surface area contributed by atoms with Gasteiger partial charge < -0.3 is 14.4 Å². The molecule has 92 valence electrons. The fraction of sp³-hybridized carbons (Fsp3) is 0.333. The summed E-state index contributed by atoms with van der Waals surface area (Å²) in [6, 6.07) is 3.01. The molecule has 1 amide bonds. The number of rotatable bonds is 4. The van der Waals surface area contributed by atoms with Crippen LogP contribution >= 0.6 is 0 Å². The number of benzene rings is 1. The van der Waals surface area contributed by atoms with Crippen molar-refractivity contribution in [2.45, 2.75) is 0 Å². The van der Waals surface area contributed by atoms with Crippen LogP contribution in [0.3, 0.4) is 0 Å². The Morgan fingerprint density at radius 1 is 1.18 bits per heavy atom. The van der Waals surface area contributed by atoms with Gasteiger partial charge >= 0.3 is 0 Å². The molecule has 1 aromatic rings. The van der Waals surface area contributed by atoms with Gasteiger partial charge in [-0.2, -0.15) is 0 Å². The van der Waals surface area contributed by atoms with E-state index in [0.717, 1.165) is 0 Å². The number of carbonyl (C=O) groups excluding carboxylic acids is 2. The fourth-order valence-corrected chi connectivity index (χ4v) is 1.43. The molecule has 5 nitrogen and oxygen atoms in total. The molecule has 1 rings (SSSR count). The Kier molecular flexibility index (Phi) is 4.09. The van der Waals surface area contributed by atoms with E-state index in [0.29, 0.717) is 28.9 Å². The highest BCUT2D eigenvalue weighted by atomic mass is 16.5. The lowest BCUT2D eigenvalue weighted by Crippen LogP contribution is -2.23. The zero-order valence-corrected chi connectivity index (χ0v) is 10.3. The summed E-state index contributed by atoms with van der Waals surface area (Å²) in [6.45, 7) is 0. The SMILES string of the molecule is COc1cc(C=O)cc(OC)c1C(=O)N(C)C. The molecule has 5 heteroatoms. The number of nitrogens with zero attached hydrogens (tertiary/aromatic N) is 1. The maximum absolute atomic E-state index is 12.0. The summed E-state index contributed by atoms with van der Waals surface area (Å²) in [5, 5.41) is 0. The summed E-state index contributed by atoms with van der Waals surface area (Å²) in [6.07, 6.45) is 0.676. The monoisotopic (exact) mass is 237 g/mol. The lowest BCUT2D eigenvalue weighted by molar-refractivity contribution is 0.0820. The molecule has 17 heavy (non-hydrogen) atoms. The predicted octanol–water partition coefficient (Wildman–Crippen LogP) is 1.22.